The number of sulfonamides is 1. The van der Waals surface area contributed by atoms with Crippen molar-refractivity contribution in [2.45, 2.75) is 18.0 Å². The minimum absolute atomic E-state index is 0.125. The third-order valence-corrected chi connectivity index (χ3v) is 4.68. The largest absolute Gasteiger partial charge is 0.416 e. The predicted molar refractivity (Wildman–Crippen MR) is 78.4 cm³/mol. The summed E-state index contributed by atoms with van der Waals surface area (Å²) in [5.74, 6) is 0. The fourth-order valence-corrected chi connectivity index (χ4v) is 3.03. The predicted octanol–water partition coefficient (Wildman–Crippen LogP) is 4.47. The fraction of sp³-hybridized carbons (Fsp3) is 0.143. The Kier molecular flexibility index (Phi) is 4.39. The van der Waals surface area contributed by atoms with E-state index in [1.54, 1.807) is 6.92 Å². The van der Waals surface area contributed by atoms with Gasteiger partial charge in [-0.05, 0) is 42.8 Å². The highest BCUT2D eigenvalue weighted by Crippen LogP contribution is 2.31. The Balaban J connectivity index is 2.35. The van der Waals surface area contributed by atoms with Crippen molar-refractivity contribution in [3.8, 4) is 0 Å². The van der Waals surface area contributed by atoms with Gasteiger partial charge in [0.1, 0.15) is 0 Å². The van der Waals surface area contributed by atoms with Crippen LogP contribution in [0.5, 0.6) is 0 Å². The summed E-state index contributed by atoms with van der Waals surface area (Å²) in [4.78, 5) is -0.125. The van der Waals surface area contributed by atoms with Crippen molar-refractivity contribution in [3.05, 3.63) is 58.6 Å². The van der Waals surface area contributed by atoms with E-state index in [1.165, 1.54) is 24.3 Å². The minimum Gasteiger partial charge on any atom is -0.280 e. The summed E-state index contributed by atoms with van der Waals surface area (Å²) in [6, 6.07) is 8.05. The maximum absolute atomic E-state index is 12.6. The molecule has 0 aliphatic carbocycles. The molecule has 0 atom stereocenters. The van der Waals surface area contributed by atoms with Crippen LogP contribution >= 0.6 is 11.6 Å². The van der Waals surface area contributed by atoms with E-state index in [2.05, 4.69) is 4.72 Å². The zero-order valence-corrected chi connectivity index (χ0v) is 12.9. The molecule has 0 spiro atoms. The Labute approximate surface area is 130 Å². The number of halogens is 4. The zero-order chi connectivity index (χ0) is 16.5. The molecular weight excluding hydrogens is 339 g/mol. The van der Waals surface area contributed by atoms with Gasteiger partial charge in [0.25, 0.3) is 10.0 Å². The molecule has 0 unspecified atom stereocenters. The van der Waals surface area contributed by atoms with Crippen molar-refractivity contribution >= 4 is 27.3 Å². The van der Waals surface area contributed by atoms with E-state index < -0.39 is 21.8 Å². The molecule has 3 nitrogen and oxygen atoms in total. The number of nitrogens with one attached hydrogen (secondary N) is 1. The van der Waals surface area contributed by atoms with Gasteiger partial charge in [-0.3, -0.25) is 4.72 Å². The molecule has 0 heterocycles. The smallest absolute Gasteiger partial charge is 0.280 e. The standard InChI is InChI=1S/C14H11ClF3NO2S/c1-9-5-6-12(8-13(9)15)22(20,21)19-11-4-2-3-10(7-11)14(16,17)18/h2-8,19H,1H3. The first-order chi connectivity index (χ1) is 10.1. The van der Waals surface area contributed by atoms with Crippen LogP contribution in [-0.4, -0.2) is 8.42 Å². The Morgan fingerprint density at radius 1 is 1.09 bits per heavy atom. The SMILES string of the molecule is Cc1ccc(S(=O)(=O)Nc2cccc(C(F)(F)F)c2)cc1Cl. The summed E-state index contributed by atoms with van der Waals surface area (Å²) < 4.78 is 64.3. The monoisotopic (exact) mass is 349 g/mol. The molecule has 2 aromatic carbocycles. The summed E-state index contributed by atoms with van der Waals surface area (Å²) >= 11 is 5.87. The van der Waals surface area contributed by atoms with E-state index in [4.69, 9.17) is 11.6 Å². The second kappa shape index (κ2) is 5.81. The molecule has 2 aromatic rings. The second-order valence-corrected chi connectivity index (χ2v) is 6.68. The van der Waals surface area contributed by atoms with Gasteiger partial charge < -0.3 is 0 Å². The van der Waals surface area contributed by atoms with Crippen LogP contribution in [0.3, 0.4) is 0 Å². The van der Waals surface area contributed by atoms with Gasteiger partial charge in [0, 0.05) is 10.7 Å². The van der Waals surface area contributed by atoms with Crippen LogP contribution in [0.25, 0.3) is 0 Å². The lowest BCUT2D eigenvalue weighted by atomic mass is 10.2. The maximum atomic E-state index is 12.6. The van der Waals surface area contributed by atoms with Crippen LogP contribution in [0.15, 0.2) is 47.4 Å². The van der Waals surface area contributed by atoms with Gasteiger partial charge in [-0.1, -0.05) is 23.7 Å². The van der Waals surface area contributed by atoms with Crippen LogP contribution in [-0.2, 0) is 16.2 Å². The summed E-state index contributed by atoms with van der Waals surface area (Å²) in [6.45, 7) is 1.71. The zero-order valence-electron chi connectivity index (χ0n) is 11.3. The Morgan fingerprint density at radius 2 is 1.77 bits per heavy atom. The molecule has 22 heavy (non-hydrogen) atoms. The van der Waals surface area contributed by atoms with Crippen LogP contribution in [0.4, 0.5) is 18.9 Å². The van der Waals surface area contributed by atoms with Crippen LogP contribution in [0.1, 0.15) is 11.1 Å². The van der Waals surface area contributed by atoms with Gasteiger partial charge in [0.05, 0.1) is 10.5 Å². The summed E-state index contributed by atoms with van der Waals surface area (Å²) in [7, 11) is -4.02. The maximum Gasteiger partial charge on any atom is 0.416 e. The number of rotatable bonds is 3. The molecule has 0 bridgehead atoms. The van der Waals surface area contributed by atoms with E-state index in [0.29, 0.717) is 5.56 Å². The Morgan fingerprint density at radius 3 is 2.36 bits per heavy atom. The topological polar surface area (TPSA) is 46.2 Å². The van der Waals surface area contributed by atoms with E-state index in [-0.39, 0.29) is 15.6 Å². The third-order valence-electron chi connectivity index (χ3n) is 2.90. The van der Waals surface area contributed by atoms with E-state index in [9.17, 15) is 21.6 Å². The van der Waals surface area contributed by atoms with Gasteiger partial charge in [-0.2, -0.15) is 13.2 Å². The van der Waals surface area contributed by atoms with Crippen LogP contribution < -0.4 is 4.72 Å². The molecule has 118 valence electrons. The average Bonchev–Trinajstić information content (AvgIpc) is 2.40. The molecular formula is C14H11ClF3NO2S. The van der Waals surface area contributed by atoms with E-state index in [0.717, 1.165) is 18.2 Å². The van der Waals surface area contributed by atoms with Crippen molar-refractivity contribution in [2.24, 2.45) is 0 Å². The molecule has 0 radical (unpaired) electrons. The van der Waals surface area contributed by atoms with Crippen molar-refractivity contribution in [1.29, 1.82) is 0 Å². The molecule has 0 aromatic heterocycles. The first kappa shape index (κ1) is 16.6. The highest BCUT2D eigenvalue weighted by molar-refractivity contribution is 7.92. The summed E-state index contributed by atoms with van der Waals surface area (Å²) in [5.41, 5.74) is -0.416. The summed E-state index contributed by atoms with van der Waals surface area (Å²) in [5, 5.41) is 0.256. The first-order valence-corrected chi connectivity index (χ1v) is 7.92. The fourth-order valence-electron chi connectivity index (χ4n) is 1.71. The van der Waals surface area contributed by atoms with Crippen molar-refractivity contribution < 1.29 is 21.6 Å². The van der Waals surface area contributed by atoms with E-state index >= 15 is 0 Å². The second-order valence-electron chi connectivity index (χ2n) is 4.60. The molecule has 8 heteroatoms. The molecule has 1 N–H and O–H groups in total. The lowest BCUT2D eigenvalue weighted by molar-refractivity contribution is -0.137. The highest BCUT2D eigenvalue weighted by atomic mass is 35.5. The molecule has 2 rings (SSSR count). The average molecular weight is 350 g/mol. The molecule has 0 saturated carbocycles. The molecule has 0 saturated heterocycles. The Hall–Kier alpha value is -1.73. The molecule has 0 fully saturated rings. The summed E-state index contributed by atoms with van der Waals surface area (Å²) in [6.07, 6.45) is -4.55. The number of alkyl halides is 3. The highest BCUT2D eigenvalue weighted by Gasteiger charge is 2.30. The Bertz CT molecular complexity index is 804. The van der Waals surface area contributed by atoms with Crippen molar-refractivity contribution in [3.63, 3.8) is 0 Å². The quantitative estimate of drug-likeness (QED) is 0.888. The van der Waals surface area contributed by atoms with Crippen molar-refractivity contribution in [2.75, 3.05) is 4.72 Å². The lowest BCUT2D eigenvalue weighted by Crippen LogP contribution is -2.14. The minimum atomic E-state index is -4.55. The van der Waals surface area contributed by atoms with Gasteiger partial charge in [0.15, 0.2) is 0 Å². The molecule has 0 aliphatic rings. The van der Waals surface area contributed by atoms with Crippen LogP contribution in [0, 0.1) is 6.92 Å². The van der Waals surface area contributed by atoms with E-state index in [1.807, 2.05) is 0 Å². The van der Waals surface area contributed by atoms with Crippen molar-refractivity contribution in [1.82, 2.24) is 0 Å². The van der Waals surface area contributed by atoms with Gasteiger partial charge in [-0.15, -0.1) is 0 Å². The third kappa shape index (κ3) is 3.72. The first-order valence-electron chi connectivity index (χ1n) is 6.06. The number of anilines is 1. The van der Waals surface area contributed by atoms with Gasteiger partial charge in [0.2, 0.25) is 0 Å². The van der Waals surface area contributed by atoms with Crippen LogP contribution in [0.2, 0.25) is 5.02 Å². The normalized spacial score (nSPS) is 12.2. The van der Waals surface area contributed by atoms with Gasteiger partial charge in [-0.25, -0.2) is 8.42 Å². The number of hydrogen-bond donors (Lipinski definition) is 1. The number of aryl methyl sites for hydroxylation is 1. The number of hydrogen-bond acceptors (Lipinski definition) is 2. The number of benzene rings is 2. The molecule has 0 aliphatic heterocycles. The van der Waals surface area contributed by atoms with Gasteiger partial charge >= 0.3 is 6.18 Å². The lowest BCUT2D eigenvalue weighted by Gasteiger charge is -2.11. The molecule has 0 amide bonds.